The van der Waals surface area contributed by atoms with E-state index in [9.17, 15) is 0 Å². The maximum Gasteiger partial charge on any atom is 0.131 e. The molecule has 0 saturated heterocycles. The first-order valence-electron chi connectivity index (χ1n) is 6.81. The van der Waals surface area contributed by atoms with Crippen molar-refractivity contribution in [2.24, 2.45) is 0 Å². The number of rotatable bonds is 4. The molecule has 0 aliphatic rings. The van der Waals surface area contributed by atoms with Crippen molar-refractivity contribution in [2.45, 2.75) is 6.54 Å². The third kappa shape index (κ3) is 3.61. The normalized spacial score (nSPS) is 10.3. The highest BCUT2D eigenvalue weighted by atomic mass is 35.5. The number of anilines is 1. The summed E-state index contributed by atoms with van der Waals surface area (Å²) in [5, 5.41) is 3.84. The van der Waals surface area contributed by atoms with Crippen LogP contribution in [0.4, 0.5) is 5.69 Å². The van der Waals surface area contributed by atoms with Crippen LogP contribution >= 0.6 is 11.6 Å². The zero-order valence-electron chi connectivity index (χ0n) is 11.5. The average molecular weight is 295 g/mol. The Labute approximate surface area is 129 Å². The van der Waals surface area contributed by atoms with Gasteiger partial charge in [-0.05, 0) is 28.8 Å². The van der Waals surface area contributed by atoms with Crippen molar-refractivity contribution in [3.63, 3.8) is 0 Å². The molecule has 0 unspecified atom stereocenters. The predicted molar refractivity (Wildman–Crippen MR) is 88.5 cm³/mol. The van der Waals surface area contributed by atoms with Gasteiger partial charge in [-0.1, -0.05) is 66.2 Å². The summed E-state index contributed by atoms with van der Waals surface area (Å²) < 4.78 is 0. The number of pyridine rings is 1. The summed E-state index contributed by atoms with van der Waals surface area (Å²) >= 11 is 5.86. The summed E-state index contributed by atoms with van der Waals surface area (Å²) in [4.78, 5) is 3.97. The highest BCUT2D eigenvalue weighted by Crippen LogP contribution is 2.20. The molecule has 0 aliphatic heterocycles. The van der Waals surface area contributed by atoms with Gasteiger partial charge in [0, 0.05) is 18.4 Å². The van der Waals surface area contributed by atoms with Crippen molar-refractivity contribution in [3.05, 3.63) is 83.6 Å². The number of halogens is 1. The standard InChI is InChI=1S/C18H15ClN2/c19-18-12-17(10-11-20-18)21-13-14-6-8-16(9-7-14)15-4-2-1-3-5-15/h1-12H,13H2,(H,20,21). The van der Waals surface area contributed by atoms with Crippen LogP contribution in [0.1, 0.15) is 5.56 Å². The topological polar surface area (TPSA) is 24.9 Å². The van der Waals surface area contributed by atoms with Crippen LogP contribution in [0.3, 0.4) is 0 Å². The first-order chi connectivity index (χ1) is 10.3. The molecule has 1 aromatic heterocycles. The summed E-state index contributed by atoms with van der Waals surface area (Å²) in [6, 6.07) is 22.7. The summed E-state index contributed by atoms with van der Waals surface area (Å²) in [5.41, 5.74) is 4.66. The molecule has 2 aromatic carbocycles. The van der Waals surface area contributed by atoms with Crippen molar-refractivity contribution >= 4 is 17.3 Å². The molecule has 0 radical (unpaired) electrons. The lowest BCUT2D eigenvalue weighted by molar-refractivity contribution is 1.14. The maximum absolute atomic E-state index is 5.86. The third-order valence-electron chi connectivity index (χ3n) is 3.28. The lowest BCUT2D eigenvalue weighted by atomic mass is 10.0. The van der Waals surface area contributed by atoms with Gasteiger partial charge in [0.05, 0.1) is 0 Å². The van der Waals surface area contributed by atoms with E-state index in [2.05, 4.69) is 58.8 Å². The van der Waals surface area contributed by atoms with E-state index >= 15 is 0 Å². The van der Waals surface area contributed by atoms with Crippen molar-refractivity contribution in [2.75, 3.05) is 5.32 Å². The minimum absolute atomic E-state index is 0.499. The van der Waals surface area contributed by atoms with Gasteiger partial charge >= 0.3 is 0 Å². The highest BCUT2D eigenvalue weighted by molar-refractivity contribution is 6.29. The number of aromatic nitrogens is 1. The molecule has 1 heterocycles. The maximum atomic E-state index is 5.86. The van der Waals surface area contributed by atoms with Gasteiger partial charge in [0.25, 0.3) is 0 Å². The van der Waals surface area contributed by atoms with Crippen LogP contribution in [-0.2, 0) is 6.54 Å². The van der Waals surface area contributed by atoms with Crippen molar-refractivity contribution < 1.29 is 0 Å². The molecule has 0 aliphatic carbocycles. The molecule has 3 rings (SSSR count). The lowest BCUT2D eigenvalue weighted by Gasteiger charge is -2.08. The van der Waals surface area contributed by atoms with Crippen molar-refractivity contribution in [3.8, 4) is 11.1 Å². The molecule has 21 heavy (non-hydrogen) atoms. The van der Waals surface area contributed by atoms with Crippen LogP contribution in [0, 0.1) is 0 Å². The van der Waals surface area contributed by atoms with Crippen molar-refractivity contribution in [1.82, 2.24) is 4.98 Å². The zero-order valence-corrected chi connectivity index (χ0v) is 12.2. The third-order valence-corrected chi connectivity index (χ3v) is 3.49. The van der Waals surface area contributed by atoms with Gasteiger partial charge in [0.1, 0.15) is 5.15 Å². The van der Waals surface area contributed by atoms with Crippen molar-refractivity contribution in [1.29, 1.82) is 0 Å². The van der Waals surface area contributed by atoms with Gasteiger partial charge in [-0.2, -0.15) is 0 Å². The Morgan fingerprint density at radius 2 is 1.57 bits per heavy atom. The summed E-state index contributed by atoms with van der Waals surface area (Å²) in [6.07, 6.45) is 1.70. The number of nitrogens with one attached hydrogen (secondary N) is 1. The van der Waals surface area contributed by atoms with E-state index in [0.717, 1.165) is 12.2 Å². The summed E-state index contributed by atoms with van der Waals surface area (Å²) in [7, 11) is 0. The average Bonchev–Trinajstić information content (AvgIpc) is 2.54. The molecule has 1 N–H and O–H groups in total. The van der Waals surface area contributed by atoms with Gasteiger partial charge in [0.2, 0.25) is 0 Å². The predicted octanol–water partition coefficient (Wildman–Crippen LogP) is 5.01. The largest absolute Gasteiger partial charge is 0.381 e. The van der Waals surface area contributed by atoms with E-state index in [0.29, 0.717) is 5.15 Å². The molecule has 0 saturated carbocycles. The number of benzene rings is 2. The van der Waals surface area contributed by atoms with E-state index < -0.39 is 0 Å². The van der Waals surface area contributed by atoms with Crippen LogP contribution in [0.25, 0.3) is 11.1 Å². The molecular formula is C18H15ClN2. The van der Waals surface area contributed by atoms with E-state index in [4.69, 9.17) is 11.6 Å². The van der Waals surface area contributed by atoms with Gasteiger partial charge in [-0.25, -0.2) is 4.98 Å². The molecule has 3 aromatic rings. The second kappa shape index (κ2) is 6.42. The molecule has 3 heteroatoms. The Kier molecular flexibility index (Phi) is 4.17. The number of hydrogen-bond acceptors (Lipinski definition) is 2. The minimum atomic E-state index is 0.499. The van der Waals surface area contributed by atoms with Crippen LogP contribution in [0.15, 0.2) is 72.9 Å². The first-order valence-corrected chi connectivity index (χ1v) is 7.19. The molecule has 104 valence electrons. The monoisotopic (exact) mass is 294 g/mol. The van der Waals surface area contributed by atoms with Gasteiger partial charge < -0.3 is 5.32 Å². The second-order valence-corrected chi connectivity index (χ2v) is 5.17. The molecule has 0 bridgehead atoms. The minimum Gasteiger partial charge on any atom is -0.381 e. The number of hydrogen-bond donors (Lipinski definition) is 1. The Morgan fingerprint density at radius 1 is 0.857 bits per heavy atom. The quantitative estimate of drug-likeness (QED) is 0.684. The molecule has 0 amide bonds. The zero-order chi connectivity index (χ0) is 14.5. The second-order valence-electron chi connectivity index (χ2n) is 4.78. The Hall–Kier alpha value is -2.32. The molecular weight excluding hydrogens is 280 g/mol. The fourth-order valence-corrected chi connectivity index (χ4v) is 2.34. The summed E-state index contributed by atoms with van der Waals surface area (Å²) in [5.74, 6) is 0. The Balaban J connectivity index is 1.68. The lowest BCUT2D eigenvalue weighted by Crippen LogP contribution is -1.99. The Morgan fingerprint density at radius 3 is 2.29 bits per heavy atom. The van der Waals surface area contributed by atoms with E-state index in [-0.39, 0.29) is 0 Å². The molecule has 0 atom stereocenters. The highest BCUT2D eigenvalue weighted by Gasteiger charge is 1.98. The van der Waals surface area contributed by atoms with Crippen LogP contribution in [0.5, 0.6) is 0 Å². The van der Waals surface area contributed by atoms with E-state index in [1.807, 2.05) is 18.2 Å². The smallest absolute Gasteiger partial charge is 0.131 e. The summed E-state index contributed by atoms with van der Waals surface area (Å²) in [6.45, 7) is 0.759. The van der Waals surface area contributed by atoms with Gasteiger partial charge in [-0.3, -0.25) is 0 Å². The fourth-order valence-electron chi connectivity index (χ4n) is 2.16. The molecule has 2 nitrogen and oxygen atoms in total. The first kappa shape index (κ1) is 13.7. The molecule has 0 spiro atoms. The number of nitrogens with zero attached hydrogens (tertiary/aromatic N) is 1. The fraction of sp³-hybridized carbons (Fsp3) is 0.0556. The van der Waals surface area contributed by atoms with Gasteiger partial charge in [-0.15, -0.1) is 0 Å². The Bertz CT molecular complexity index is 709. The SMILES string of the molecule is Clc1cc(NCc2ccc(-c3ccccc3)cc2)ccn1. The molecule has 0 fully saturated rings. The van der Waals surface area contributed by atoms with Gasteiger partial charge in [0.15, 0.2) is 0 Å². The van der Waals surface area contributed by atoms with Crippen LogP contribution in [0.2, 0.25) is 5.15 Å². The van der Waals surface area contributed by atoms with E-state index in [1.165, 1.54) is 16.7 Å². The van der Waals surface area contributed by atoms with Crippen LogP contribution in [-0.4, -0.2) is 4.98 Å². The van der Waals surface area contributed by atoms with Crippen LogP contribution < -0.4 is 5.32 Å². The van der Waals surface area contributed by atoms with E-state index in [1.54, 1.807) is 6.20 Å².